The number of hydrogen-bond donors (Lipinski definition) is 1. The van der Waals surface area contributed by atoms with Crippen molar-refractivity contribution < 1.29 is 23.4 Å². The lowest BCUT2D eigenvalue weighted by Gasteiger charge is -2.31. The molecule has 0 aromatic heterocycles. The van der Waals surface area contributed by atoms with Crippen LogP contribution in [0.5, 0.6) is 0 Å². The summed E-state index contributed by atoms with van der Waals surface area (Å²) >= 11 is 0. The molecule has 0 unspecified atom stereocenters. The van der Waals surface area contributed by atoms with Crippen LogP contribution in [0.25, 0.3) is 0 Å². The second-order valence-corrected chi connectivity index (χ2v) is 6.22. The van der Waals surface area contributed by atoms with Gasteiger partial charge in [0.2, 0.25) is 0 Å². The summed E-state index contributed by atoms with van der Waals surface area (Å²) in [6, 6.07) is 5.69. The van der Waals surface area contributed by atoms with Gasteiger partial charge in [0.15, 0.2) is 0 Å². The molecule has 1 aromatic carbocycles. The zero-order chi connectivity index (χ0) is 17.5. The molecule has 1 aliphatic rings. The Labute approximate surface area is 154 Å². The number of cyclic esters (lactones) is 1. The highest BCUT2D eigenvalue weighted by Crippen LogP contribution is 2.25. The number of methoxy groups -OCH3 is 1. The van der Waals surface area contributed by atoms with Crippen molar-refractivity contribution in [1.29, 1.82) is 0 Å². The van der Waals surface area contributed by atoms with E-state index in [0.29, 0.717) is 32.5 Å². The number of rotatable bonds is 5. The van der Waals surface area contributed by atoms with Crippen molar-refractivity contribution in [3.63, 3.8) is 0 Å². The second-order valence-electron chi connectivity index (χ2n) is 6.22. The Morgan fingerprint density at radius 3 is 2.64 bits per heavy atom. The lowest BCUT2D eigenvalue weighted by atomic mass is 9.88. The van der Waals surface area contributed by atoms with Gasteiger partial charge in [0.25, 0.3) is 0 Å². The third-order valence-electron chi connectivity index (χ3n) is 4.44. The second kappa shape index (κ2) is 10.7. The van der Waals surface area contributed by atoms with E-state index in [0.717, 1.165) is 5.56 Å². The van der Waals surface area contributed by atoms with E-state index in [-0.39, 0.29) is 36.4 Å². The minimum absolute atomic E-state index is 0. The van der Waals surface area contributed by atoms with Gasteiger partial charge in [-0.25, -0.2) is 4.39 Å². The van der Waals surface area contributed by atoms with E-state index < -0.39 is 12.0 Å². The summed E-state index contributed by atoms with van der Waals surface area (Å²) in [7, 11) is 1.64. The number of hydrogen-bond acceptors (Lipinski definition) is 5. The average Bonchev–Trinajstić information content (AvgIpc) is 2.60. The van der Waals surface area contributed by atoms with Gasteiger partial charge in [-0.05, 0) is 43.9 Å². The Hall–Kier alpha value is -1.21. The van der Waals surface area contributed by atoms with Gasteiger partial charge < -0.3 is 19.9 Å². The fourth-order valence-electron chi connectivity index (χ4n) is 2.97. The molecule has 0 spiro atoms. The van der Waals surface area contributed by atoms with Gasteiger partial charge in [-0.3, -0.25) is 4.79 Å². The smallest absolute Gasteiger partial charge is 0.323 e. The van der Waals surface area contributed by atoms with Gasteiger partial charge >= 0.3 is 5.97 Å². The number of carbonyl (C=O) groups excluding carboxylic acids is 1. The molecule has 1 heterocycles. The van der Waals surface area contributed by atoms with Crippen molar-refractivity contribution in [2.24, 2.45) is 11.7 Å². The van der Waals surface area contributed by atoms with Crippen molar-refractivity contribution >= 4 is 18.4 Å². The number of nitrogens with two attached hydrogens (primary N) is 1. The van der Waals surface area contributed by atoms with Crippen LogP contribution in [-0.4, -0.2) is 44.5 Å². The fourth-order valence-corrected chi connectivity index (χ4v) is 2.97. The van der Waals surface area contributed by atoms with Crippen molar-refractivity contribution in [3.8, 4) is 0 Å². The highest BCUT2D eigenvalue weighted by molar-refractivity contribution is 5.85. The quantitative estimate of drug-likeness (QED) is 0.800. The third-order valence-corrected chi connectivity index (χ3v) is 4.44. The molecule has 0 radical (unpaired) electrons. The number of halogens is 2. The molecule has 0 amide bonds. The molecule has 2 N–H and O–H groups in total. The van der Waals surface area contributed by atoms with Crippen LogP contribution in [0.4, 0.5) is 4.39 Å². The maximum atomic E-state index is 13.1. The van der Waals surface area contributed by atoms with Crippen LogP contribution in [0.3, 0.4) is 0 Å². The highest BCUT2D eigenvalue weighted by atomic mass is 35.5. The minimum Gasteiger partial charge on any atom is -0.461 e. The zero-order valence-electron chi connectivity index (χ0n) is 14.7. The van der Waals surface area contributed by atoms with Crippen LogP contribution in [0.1, 0.15) is 25.3 Å². The van der Waals surface area contributed by atoms with Gasteiger partial charge in [-0.15, -0.1) is 12.4 Å². The number of carbonyl (C=O) groups is 1. The molecule has 0 aliphatic carbocycles. The molecule has 1 saturated heterocycles. The van der Waals surface area contributed by atoms with Gasteiger partial charge in [0, 0.05) is 26.2 Å². The Kier molecular flexibility index (Phi) is 9.35. The molecule has 25 heavy (non-hydrogen) atoms. The SMILES string of the molecule is COCC[C@H]1OCC[C@H](N)C(=O)O[C@@H](C)[C@@H]1Cc1ccc(F)cc1.Cl. The molecule has 2 rings (SSSR count). The fraction of sp³-hybridized carbons (Fsp3) is 0.611. The Morgan fingerprint density at radius 2 is 2.00 bits per heavy atom. The van der Waals surface area contributed by atoms with Gasteiger partial charge in [0.1, 0.15) is 18.0 Å². The van der Waals surface area contributed by atoms with Gasteiger partial charge in [-0.2, -0.15) is 0 Å². The summed E-state index contributed by atoms with van der Waals surface area (Å²) in [5, 5.41) is 0. The number of esters is 1. The summed E-state index contributed by atoms with van der Waals surface area (Å²) in [5.74, 6) is -0.728. The summed E-state index contributed by atoms with van der Waals surface area (Å²) in [6.45, 7) is 2.81. The lowest BCUT2D eigenvalue weighted by Crippen LogP contribution is -2.38. The van der Waals surface area contributed by atoms with Crippen molar-refractivity contribution in [3.05, 3.63) is 35.6 Å². The first kappa shape index (κ1) is 21.8. The van der Waals surface area contributed by atoms with E-state index in [1.807, 2.05) is 6.92 Å². The highest BCUT2D eigenvalue weighted by Gasteiger charge is 2.33. The molecule has 0 bridgehead atoms. The van der Waals surface area contributed by atoms with E-state index >= 15 is 0 Å². The van der Waals surface area contributed by atoms with Crippen LogP contribution in [0, 0.1) is 11.7 Å². The Bertz CT molecular complexity index is 528. The molecule has 4 atom stereocenters. The molecular weight excluding hydrogens is 349 g/mol. The van der Waals surface area contributed by atoms with E-state index in [2.05, 4.69) is 0 Å². The first-order valence-corrected chi connectivity index (χ1v) is 8.32. The van der Waals surface area contributed by atoms with Crippen LogP contribution >= 0.6 is 12.4 Å². The topological polar surface area (TPSA) is 70.8 Å². The molecule has 5 nitrogen and oxygen atoms in total. The van der Waals surface area contributed by atoms with E-state index in [1.165, 1.54) is 12.1 Å². The normalized spacial score (nSPS) is 27.4. The Balaban J connectivity index is 0.00000312. The minimum atomic E-state index is -0.667. The van der Waals surface area contributed by atoms with Crippen molar-refractivity contribution in [2.75, 3.05) is 20.3 Å². The number of ether oxygens (including phenoxy) is 3. The van der Waals surface area contributed by atoms with E-state index in [1.54, 1.807) is 19.2 Å². The van der Waals surface area contributed by atoms with Crippen molar-refractivity contribution in [2.45, 2.75) is 44.4 Å². The molecule has 1 aromatic rings. The molecule has 1 fully saturated rings. The van der Waals surface area contributed by atoms with Crippen LogP contribution in [0.2, 0.25) is 0 Å². The first-order chi connectivity index (χ1) is 11.5. The van der Waals surface area contributed by atoms with Crippen molar-refractivity contribution in [1.82, 2.24) is 0 Å². The summed E-state index contributed by atoms with van der Waals surface area (Å²) in [6.07, 6.45) is 1.27. The molecular formula is C18H27ClFNO4. The van der Waals surface area contributed by atoms with Crippen LogP contribution < -0.4 is 5.73 Å². The maximum Gasteiger partial charge on any atom is 0.323 e. The van der Waals surface area contributed by atoms with Gasteiger partial charge in [-0.1, -0.05) is 12.1 Å². The average molecular weight is 376 g/mol. The summed E-state index contributed by atoms with van der Waals surface area (Å²) in [4.78, 5) is 12.0. The predicted molar refractivity (Wildman–Crippen MR) is 95.2 cm³/mol. The van der Waals surface area contributed by atoms with E-state index in [9.17, 15) is 9.18 Å². The zero-order valence-corrected chi connectivity index (χ0v) is 15.5. The first-order valence-electron chi connectivity index (χ1n) is 8.32. The molecule has 7 heteroatoms. The predicted octanol–water partition coefficient (Wildman–Crippen LogP) is 2.49. The van der Waals surface area contributed by atoms with E-state index in [4.69, 9.17) is 19.9 Å². The summed E-state index contributed by atoms with van der Waals surface area (Å²) in [5.41, 5.74) is 6.79. The molecule has 1 aliphatic heterocycles. The molecule has 142 valence electrons. The largest absolute Gasteiger partial charge is 0.461 e. The summed E-state index contributed by atoms with van der Waals surface area (Å²) < 4.78 is 29.8. The third kappa shape index (κ3) is 6.55. The standard InChI is InChI=1S/C18H26FNO4.ClH/c1-12-15(11-13-3-5-14(19)6-4-13)17(8-9-22-2)23-10-7-16(20)18(21)24-12;/h3-6,12,15-17H,7-11,20H2,1-2H3;1H/t12-,15-,16-,17+;/m0./s1. The monoisotopic (exact) mass is 375 g/mol. The van der Waals surface area contributed by atoms with Gasteiger partial charge in [0.05, 0.1) is 6.10 Å². The van der Waals surface area contributed by atoms with Crippen LogP contribution in [0.15, 0.2) is 24.3 Å². The van der Waals surface area contributed by atoms with Crippen LogP contribution in [-0.2, 0) is 25.4 Å². The number of benzene rings is 1. The Morgan fingerprint density at radius 1 is 1.32 bits per heavy atom. The lowest BCUT2D eigenvalue weighted by molar-refractivity contribution is -0.153. The maximum absolute atomic E-state index is 13.1. The molecule has 0 saturated carbocycles.